The van der Waals surface area contributed by atoms with Crippen LogP contribution in [-0.4, -0.2) is 70.2 Å². The third kappa shape index (κ3) is 4.13. The van der Waals surface area contributed by atoms with Crippen LogP contribution in [0.25, 0.3) is 33.1 Å². The SMILES string of the molecule is Cc1cccc(-c2c(C)cc3c(nc(N4CC(C)(N(C)C)C4)c4nnn([C@H]5CCN[C@H](CC#N)C5)c43)c2F)c1C. The van der Waals surface area contributed by atoms with E-state index in [-0.39, 0.29) is 23.4 Å². The number of hydrogen-bond acceptors (Lipinski definition) is 7. The maximum absolute atomic E-state index is 16.8. The van der Waals surface area contributed by atoms with Gasteiger partial charge in [0, 0.05) is 30.1 Å². The third-order valence-electron chi connectivity index (χ3n) is 9.28. The Bertz CT molecular complexity index is 1660. The molecule has 2 aromatic heterocycles. The monoisotopic (exact) mass is 540 g/mol. The molecule has 0 radical (unpaired) electrons. The second-order valence-corrected chi connectivity index (χ2v) is 12.1. The molecule has 6 rings (SSSR count). The minimum Gasteiger partial charge on any atom is -0.351 e. The van der Waals surface area contributed by atoms with Gasteiger partial charge >= 0.3 is 0 Å². The lowest BCUT2D eigenvalue weighted by atomic mass is 9.90. The summed E-state index contributed by atoms with van der Waals surface area (Å²) in [6.45, 7) is 10.6. The Hall–Kier alpha value is -3.61. The van der Waals surface area contributed by atoms with E-state index in [4.69, 9.17) is 4.98 Å². The van der Waals surface area contributed by atoms with E-state index in [1.165, 1.54) is 0 Å². The molecular weight excluding hydrogens is 503 g/mol. The molecule has 4 aromatic rings. The fourth-order valence-corrected chi connectivity index (χ4v) is 6.42. The number of fused-ring (bicyclic) bond motifs is 3. The average Bonchev–Trinajstić information content (AvgIpc) is 3.35. The van der Waals surface area contributed by atoms with Crippen molar-refractivity contribution < 1.29 is 4.39 Å². The number of nitrogens with zero attached hydrogens (tertiary/aromatic N) is 7. The van der Waals surface area contributed by atoms with Crippen molar-refractivity contribution in [2.75, 3.05) is 38.6 Å². The number of aromatic nitrogens is 4. The summed E-state index contributed by atoms with van der Waals surface area (Å²) in [6, 6.07) is 10.5. The molecule has 2 fully saturated rings. The van der Waals surface area contributed by atoms with E-state index in [9.17, 15) is 5.26 Å². The van der Waals surface area contributed by atoms with Crippen molar-refractivity contribution in [3.8, 4) is 17.2 Å². The molecule has 0 unspecified atom stereocenters. The molecule has 0 saturated carbocycles. The molecule has 2 aliphatic heterocycles. The summed E-state index contributed by atoms with van der Waals surface area (Å²) >= 11 is 0. The Balaban J connectivity index is 1.59. The number of hydrogen-bond donors (Lipinski definition) is 1. The smallest absolute Gasteiger partial charge is 0.159 e. The Morgan fingerprint density at radius 3 is 2.67 bits per heavy atom. The highest BCUT2D eigenvalue weighted by Crippen LogP contribution is 2.41. The minimum atomic E-state index is -0.303. The predicted molar refractivity (Wildman–Crippen MR) is 157 cm³/mol. The maximum Gasteiger partial charge on any atom is 0.159 e. The fraction of sp³-hybridized carbons (Fsp3) is 0.484. The Morgan fingerprint density at radius 2 is 1.95 bits per heavy atom. The van der Waals surface area contributed by atoms with Crippen LogP contribution in [0.3, 0.4) is 0 Å². The van der Waals surface area contributed by atoms with E-state index in [0.717, 1.165) is 65.6 Å². The van der Waals surface area contributed by atoms with Crippen molar-refractivity contribution >= 4 is 27.8 Å². The second kappa shape index (κ2) is 9.79. The van der Waals surface area contributed by atoms with Crippen molar-refractivity contribution in [3.05, 3.63) is 46.8 Å². The number of piperidine rings is 1. The third-order valence-corrected chi connectivity index (χ3v) is 9.28. The van der Waals surface area contributed by atoms with Crippen LogP contribution in [0, 0.1) is 37.9 Å². The van der Waals surface area contributed by atoms with Crippen LogP contribution in [0.1, 0.15) is 48.9 Å². The molecule has 1 N–H and O–H groups in total. The van der Waals surface area contributed by atoms with Gasteiger partial charge in [0.1, 0.15) is 11.0 Å². The van der Waals surface area contributed by atoms with Gasteiger partial charge < -0.3 is 15.1 Å². The van der Waals surface area contributed by atoms with Gasteiger partial charge in [0.15, 0.2) is 17.2 Å². The molecule has 208 valence electrons. The Kier molecular flexibility index (Phi) is 6.51. The molecule has 0 amide bonds. The summed E-state index contributed by atoms with van der Waals surface area (Å²) in [7, 11) is 4.18. The number of likely N-dealkylation sites (N-methyl/N-ethyl adjacent to an activating group) is 1. The number of aryl methyl sites for hydroxylation is 2. The highest BCUT2D eigenvalue weighted by molar-refractivity contribution is 6.08. The van der Waals surface area contributed by atoms with Crippen LogP contribution in [0.15, 0.2) is 24.3 Å². The van der Waals surface area contributed by atoms with Crippen LogP contribution in [0.2, 0.25) is 0 Å². The molecule has 40 heavy (non-hydrogen) atoms. The van der Waals surface area contributed by atoms with Crippen LogP contribution in [0.5, 0.6) is 0 Å². The predicted octanol–water partition coefficient (Wildman–Crippen LogP) is 5.06. The van der Waals surface area contributed by atoms with Crippen LogP contribution >= 0.6 is 0 Å². The molecule has 2 aromatic carbocycles. The molecule has 4 heterocycles. The van der Waals surface area contributed by atoms with Crippen molar-refractivity contribution in [2.24, 2.45) is 0 Å². The van der Waals surface area contributed by atoms with E-state index in [1.807, 2.05) is 30.7 Å². The first kappa shape index (κ1) is 26.6. The molecule has 2 aliphatic rings. The molecule has 2 atom stereocenters. The zero-order chi connectivity index (χ0) is 28.3. The standard InChI is InChI=1S/C31H37FN8/c1-18-8-7-9-23(20(18)3)25-19(2)14-24-27(26(25)32)35-30(39-16-31(4,17-39)38(5)6)28-29(24)40(37-36-28)22-11-13-34-21(15-22)10-12-33/h7-9,14,21-22,34H,10-11,13,15-17H2,1-6H3/t21-,22+/m1/s1. The van der Waals surface area contributed by atoms with E-state index in [2.05, 4.69) is 71.6 Å². The largest absolute Gasteiger partial charge is 0.351 e. The molecule has 2 saturated heterocycles. The first-order valence-corrected chi connectivity index (χ1v) is 14.1. The van der Waals surface area contributed by atoms with E-state index in [0.29, 0.717) is 28.8 Å². The molecule has 8 nitrogen and oxygen atoms in total. The number of rotatable bonds is 5. The highest BCUT2D eigenvalue weighted by atomic mass is 19.1. The van der Waals surface area contributed by atoms with Gasteiger partial charge in [-0.25, -0.2) is 14.1 Å². The second-order valence-electron chi connectivity index (χ2n) is 12.1. The lowest BCUT2D eigenvalue weighted by Crippen LogP contribution is -2.67. The molecule has 0 aliphatic carbocycles. The number of pyridine rings is 1. The summed E-state index contributed by atoms with van der Waals surface area (Å²) < 4.78 is 18.7. The number of benzene rings is 2. The van der Waals surface area contributed by atoms with Crippen molar-refractivity contribution in [1.82, 2.24) is 30.2 Å². The van der Waals surface area contributed by atoms with Crippen molar-refractivity contribution in [2.45, 2.75) is 64.6 Å². The van der Waals surface area contributed by atoms with E-state index in [1.54, 1.807) is 0 Å². The topological polar surface area (TPSA) is 85.9 Å². The summed E-state index contributed by atoms with van der Waals surface area (Å²) in [5, 5.41) is 22.8. The molecule has 0 spiro atoms. The summed E-state index contributed by atoms with van der Waals surface area (Å²) in [6.07, 6.45) is 2.08. The van der Waals surface area contributed by atoms with Gasteiger partial charge in [-0.3, -0.25) is 0 Å². The van der Waals surface area contributed by atoms with Gasteiger partial charge in [-0.15, -0.1) is 5.10 Å². The van der Waals surface area contributed by atoms with E-state index >= 15 is 4.39 Å². The lowest BCUT2D eigenvalue weighted by Gasteiger charge is -2.52. The van der Waals surface area contributed by atoms with E-state index < -0.39 is 0 Å². The molecule has 0 bridgehead atoms. The van der Waals surface area contributed by atoms with Gasteiger partial charge in [-0.2, -0.15) is 5.26 Å². The van der Waals surface area contributed by atoms with Gasteiger partial charge in [0.25, 0.3) is 0 Å². The first-order valence-electron chi connectivity index (χ1n) is 14.1. The Labute approximate surface area is 234 Å². The number of anilines is 1. The van der Waals surface area contributed by atoms with Gasteiger partial charge in [-0.05, 0) is 89.5 Å². The summed E-state index contributed by atoms with van der Waals surface area (Å²) in [5.41, 5.74) is 6.46. The minimum absolute atomic E-state index is 0.00810. The van der Waals surface area contributed by atoms with Crippen molar-refractivity contribution in [1.29, 1.82) is 5.26 Å². The quantitative estimate of drug-likeness (QED) is 0.379. The van der Waals surface area contributed by atoms with Crippen LogP contribution < -0.4 is 10.2 Å². The van der Waals surface area contributed by atoms with Crippen molar-refractivity contribution in [3.63, 3.8) is 0 Å². The Morgan fingerprint density at radius 1 is 1.18 bits per heavy atom. The van der Waals surface area contributed by atoms with Gasteiger partial charge in [0.2, 0.25) is 0 Å². The molecular formula is C31H37FN8. The first-order chi connectivity index (χ1) is 19.1. The van der Waals surface area contributed by atoms with Crippen LogP contribution in [0.4, 0.5) is 10.2 Å². The summed E-state index contributed by atoms with van der Waals surface area (Å²) in [4.78, 5) is 9.41. The average molecular weight is 541 g/mol. The zero-order valence-corrected chi connectivity index (χ0v) is 24.2. The molecule has 9 heteroatoms. The zero-order valence-electron chi connectivity index (χ0n) is 24.2. The van der Waals surface area contributed by atoms with Gasteiger partial charge in [-0.1, -0.05) is 23.4 Å². The van der Waals surface area contributed by atoms with Gasteiger partial charge in [0.05, 0.1) is 24.1 Å². The number of nitriles is 1. The fourth-order valence-electron chi connectivity index (χ4n) is 6.42. The summed E-state index contributed by atoms with van der Waals surface area (Å²) in [5.74, 6) is 0.383. The maximum atomic E-state index is 16.8. The number of nitrogens with one attached hydrogen (secondary N) is 1. The normalized spacial score (nSPS) is 20.7. The van der Waals surface area contributed by atoms with Crippen LogP contribution in [-0.2, 0) is 0 Å². The number of halogens is 1. The highest BCUT2D eigenvalue weighted by Gasteiger charge is 2.43. The lowest BCUT2D eigenvalue weighted by molar-refractivity contribution is 0.133.